The molecule has 1 heterocycles. The van der Waals surface area contributed by atoms with Gasteiger partial charge in [0.05, 0.1) is 17.4 Å². The van der Waals surface area contributed by atoms with Gasteiger partial charge in [-0.15, -0.1) is 0 Å². The van der Waals surface area contributed by atoms with Crippen molar-refractivity contribution < 1.29 is 4.79 Å². The number of aryl methyl sites for hydroxylation is 2. The maximum Gasteiger partial charge on any atom is 0.257 e. The number of nitrogens with one attached hydrogen (secondary N) is 1. The van der Waals surface area contributed by atoms with Gasteiger partial charge >= 0.3 is 0 Å². The number of rotatable bonds is 6. The van der Waals surface area contributed by atoms with Crippen molar-refractivity contribution in [1.82, 2.24) is 4.98 Å². The van der Waals surface area contributed by atoms with Gasteiger partial charge in [-0.25, -0.2) is 0 Å². The van der Waals surface area contributed by atoms with Crippen LogP contribution in [0.1, 0.15) is 34.0 Å². The molecule has 0 radical (unpaired) electrons. The van der Waals surface area contributed by atoms with Crippen LogP contribution in [0.15, 0.2) is 67.0 Å². The van der Waals surface area contributed by atoms with Crippen LogP contribution < -0.4 is 10.2 Å². The monoisotopic (exact) mass is 359 g/mol. The molecule has 0 saturated carbocycles. The topological polar surface area (TPSA) is 45.2 Å². The van der Waals surface area contributed by atoms with E-state index in [2.05, 4.69) is 40.3 Å². The zero-order valence-electron chi connectivity index (χ0n) is 16.1. The molecule has 0 bridgehead atoms. The number of nitrogens with zero attached hydrogens (tertiary/aromatic N) is 2. The van der Waals surface area contributed by atoms with E-state index >= 15 is 0 Å². The van der Waals surface area contributed by atoms with Crippen molar-refractivity contribution in [3.63, 3.8) is 0 Å². The maximum atomic E-state index is 12.7. The van der Waals surface area contributed by atoms with Crippen molar-refractivity contribution in [1.29, 1.82) is 0 Å². The van der Waals surface area contributed by atoms with E-state index in [1.807, 2.05) is 50.2 Å². The van der Waals surface area contributed by atoms with Gasteiger partial charge in [-0.05, 0) is 44.0 Å². The number of hydrogen-bond acceptors (Lipinski definition) is 3. The van der Waals surface area contributed by atoms with Crippen LogP contribution >= 0.6 is 0 Å². The average molecular weight is 359 g/mol. The second kappa shape index (κ2) is 8.49. The smallest absolute Gasteiger partial charge is 0.257 e. The fourth-order valence-electron chi connectivity index (χ4n) is 3.06. The van der Waals surface area contributed by atoms with E-state index in [0.717, 1.165) is 30.0 Å². The molecule has 0 aliphatic rings. The summed E-state index contributed by atoms with van der Waals surface area (Å²) in [5.74, 6) is -0.146. The first-order chi connectivity index (χ1) is 13.1. The lowest BCUT2D eigenvalue weighted by Crippen LogP contribution is -2.23. The van der Waals surface area contributed by atoms with Crippen molar-refractivity contribution in [2.24, 2.45) is 0 Å². The molecule has 0 aliphatic heterocycles. The van der Waals surface area contributed by atoms with E-state index in [9.17, 15) is 4.79 Å². The second-order valence-electron chi connectivity index (χ2n) is 6.70. The number of pyridine rings is 1. The number of amides is 1. The molecule has 1 aromatic heterocycles. The third kappa shape index (κ3) is 4.73. The van der Waals surface area contributed by atoms with Crippen molar-refractivity contribution >= 4 is 17.3 Å². The Morgan fingerprint density at radius 1 is 1.04 bits per heavy atom. The second-order valence-corrected chi connectivity index (χ2v) is 6.70. The molecule has 4 nitrogen and oxygen atoms in total. The summed E-state index contributed by atoms with van der Waals surface area (Å²) in [6, 6.07) is 18.2. The molecule has 1 N–H and O–H groups in total. The summed E-state index contributed by atoms with van der Waals surface area (Å²) < 4.78 is 0. The third-order valence-electron chi connectivity index (χ3n) is 4.58. The highest BCUT2D eigenvalue weighted by Gasteiger charge is 2.12. The van der Waals surface area contributed by atoms with Gasteiger partial charge in [-0.2, -0.15) is 0 Å². The highest BCUT2D eigenvalue weighted by atomic mass is 16.1. The Labute approximate surface area is 160 Å². The summed E-state index contributed by atoms with van der Waals surface area (Å²) in [5.41, 5.74) is 5.77. The summed E-state index contributed by atoms with van der Waals surface area (Å²) in [5, 5.41) is 2.99. The first kappa shape index (κ1) is 18.6. The van der Waals surface area contributed by atoms with E-state index in [4.69, 9.17) is 0 Å². The van der Waals surface area contributed by atoms with Crippen LogP contribution in [0.4, 0.5) is 11.4 Å². The van der Waals surface area contributed by atoms with Gasteiger partial charge in [0.1, 0.15) is 0 Å². The van der Waals surface area contributed by atoms with Crippen LogP contribution in [-0.2, 0) is 6.54 Å². The summed E-state index contributed by atoms with van der Waals surface area (Å²) in [6.45, 7) is 7.75. The SMILES string of the molecule is CCN(Cc1ccccc1)c1cncc(C(=O)Nc2ccc(C)cc2C)c1. The molecule has 1 amide bonds. The van der Waals surface area contributed by atoms with E-state index in [0.29, 0.717) is 5.56 Å². The molecule has 3 aromatic rings. The molecule has 0 unspecified atom stereocenters. The minimum Gasteiger partial charge on any atom is -0.366 e. The van der Waals surface area contributed by atoms with Crippen LogP contribution in [0.5, 0.6) is 0 Å². The first-order valence-electron chi connectivity index (χ1n) is 9.19. The van der Waals surface area contributed by atoms with Gasteiger partial charge in [0.2, 0.25) is 0 Å². The number of aromatic nitrogens is 1. The van der Waals surface area contributed by atoms with Crippen LogP contribution in [0, 0.1) is 13.8 Å². The largest absolute Gasteiger partial charge is 0.366 e. The summed E-state index contributed by atoms with van der Waals surface area (Å²) in [6.07, 6.45) is 3.42. The summed E-state index contributed by atoms with van der Waals surface area (Å²) in [7, 11) is 0. The lowest BCUT2D eigenvalue weighted by molar-refractivity contribution is 0.102. The summed E-state index contributed by atoms with van der Waals surface area (Å²) >= 11 is 0. The molecule has 138 valence electrons. The normalized spacial score (nSPS) is 10.5. The Hall–Kier alpha value is -3.14. The molecule has 0 saturated heterocycles. The highest BCUT2D eigenvalue weighted by molar-refractivity contribution is 6.05. The Morgan fingerprint density at radius 3 is 2.52 bits per heavy atom. The van der Waals surface area contributed by atoms with Crippen LogP contribution in [0.2, 0.25) is 0 Å². The minimum absolute atomic E-state index is 0.146. The van der Waals surface area contributed by atoms with Gasteiger partial charge < -0.3 is 10.2 Å². The van der Waals surface area contributed by atoms with Crippen LogP contribution in [0.3, 0.4) is 0 Å². The minimum atomic E-state index is -0.146. The van der Waals surface area contributed by atoms with Gasteiger partial charge in [0.25, 0.3) is 5.91 Å². The number of benzene rings is 2. The average Bonchev–Trinajstić information content (AvgIpc) is 2.69. The Kier molecular flexibility index (Phi) is 5.87. The standard InChI is InChI=1S/C23H25N3O/c1-4-26(16-19-8-6-5-7-9-19)21-13-20(14-24-15-21)23(27)25-22-11-10-17(2)12-18(22)3/h5-15H,4,16H2,1-3H3,(H,25,27). The fraction of sp³-hybridized carbons (Fsp3) is 0.217. The number of anilines is 2. The van der Waals surface area contributed by atoms with E-state index in [-0.39, 0.29) is 5.91 Å². The fourth-order valence-corrected chi connectivity index (χ4v) is 3.06. The van der Waals surface area contributed by atoms with Gasteiger partial charge in [-0.3, -0.25) is 9.78 Å². The lowest BCUT2D eigenvalue weighted by atomic mass is 10.1. The van der Waals surface area contributed by atoms with Crippen molar-refractivity contribution in [3.8, 4) is 0 Å². The van der Waals surface area contributed by atoms with Crippen molar-refractivity contribution in [3.05, 3.63) is 89.2 Å². The number of carbonyl (C=O) groups is 1. The first-order valence-corrected chi connectivity index (χ1v) is 9.19. The number of hydrogen-bond donors (Lipinski definition) is 1. The van der Waals surface area contributed by atoms with E-state index in [1.54, 1.807) is 12.4 Å². The molecule has 4 heteroatoms. The van der Waals surface area contributed by atoms with E-state index in [1.165, 1.54) is 11.1 Å². The molecule has 0 aliphatic carbocycles. The Morgan fingerprint density at radius 2 is 1.81 bits per heavy atom. The molecule has 2 aromatic carbocycles. The summed E-state index contributed by atoms with van der Waals surface area (Å²) in [4.78, 5) is 19.2. The molecule has 3 rings (SSSR count). The molecule has 0 spiro atoms. The van der Waals surface area contributed by atoms with Crippen molar-refractivity contribution in [2.75, 3.05) is 16.8 Å². The van der Waals surface area contributed by atoms with Gasteiger partial charge in [0.15, 0.2) is 0 Å². The predicted octanol–water partition coefficient (Wildman–Crippen LogP) is 4.98. The molecule has 0 fully saturated rings. The van der Waals surface area contributed by atoms with E-state index < -0.39 is 0 Å². The quantitative estimate of drug-likeness (QED) is 0.675. The van der Waals surface area contributed by atoms with Crippen LogP contribution in [0.25, 0.3) is 0 Å². The third-order valence-corrected chi connectivity index (χ3v) is 4.58. The zero-order valence-corrected chi connectivity index (χ0v) is 16.1. The highest BCUT2D eigenvalue weighted by Crippen LogP contribution is 2.20. The molecular formula is C23H25N3O. The zero-order chi connectivity index (χ0) is 19.2. The Balaban J connectivity index is 1.78. The Bertz CT molecular complexity index is 922. The predicted molar refractivity (Wildman–Crippen MR) is 111 cm³/mol. The molecule has 27 heavy (non-hydrogen) atoms. The van der Waals surface area contributed by atoms with Crippen molar-refractivity contribution in [2.45, 2.75) is 27.3 Å². The van der Waals surface area contributed by atoms with Gasteiger partial charge in [0, 0.05) is 25.0 Å². The molecular weight excluding hydrogens is 334 g/mol. The van der Waals surface area contributed by atoms with Crippen LogP contribution in [-0.4, -0.2) is 17.4 Å². The van der Waals surface area contributed by atoms with Gasteiger partial charge in [-0.1, -0.05) is 48.0 Å². The number of carbonyl (C=O) groups excluding carboxylic acids is 1. The maximum absolute atomic E-state index is 12.7. The molecule has 0 atom stereocenters. The lowest BCUT2D eigenvalue weighted by Gasteiger charge is -2.23.